The van der Waals surface area contributed by atoms with Gasteiger partial charge in [0.15, 0.2) is 5.60 Å². The van der Waals surface area contributed by atoms with Gasteiger partial charge in [0, 0.05) is 0 Å². The molecule has 3 aromatic carbocycles. The Morgan fingerprint density at radius 1 is 0.756 bits per heavy atom. The zero-order chi connectivity index (χ0) is 30.6. The van der Waals surface area contributed by atoms with Gasteiger partial charge in [0.1, 0.15) is 12.0 Å². The SMILES string of the molecule is CC/C(=C(\c1ccccc1)c1ccc(OC(C)N(C)C)cc1)c1ccccc1.O=C(O)CC(O)(CC(=O)O)C(=O)O. The summed E-state index contributed by atoms with van der Waals surface area (Å²) in [5.74, 6) is -4.13. The Hall–Kier alpha value is -4.47. The van der Waals surface area contributed by atoms with Crippen LogP contribution in [0.15, 0.2) is 84.9 Å². The number of carboxylic acids is 3. The van der Waals surface area contributed by atoms with Gasteiger partial charge in [0.05, 0.1) is 12.8 Å². The lowest BCUT2D eigenvalue weighted by Gasteiger charge is -2.21. The number of allylic oxidation sites excluding steroid dienone is 1. The highest BCUT2D eigenvalue weighted by molar-refractivity contribution is 5.98. The summed E-state index contributed by atoms with van der Waals surface area (Å²) in [6.45, 7) is 4.27. The van der Waals surface area contributed by atoms with Crippen LogP contribution in [0.2, 0.25) is 0 Å². The minimum Gasteiger partial charge on any atom is -0.481 e. The van der Waals surface area contributed by atoms with Crippen molar-refractivity contribution in [2.24, 2.45) is 0 Å². The number of aliphatic carboxylic acids is 3. The molecule has 0 saturated heterocycles. The molecule has 0 aliphatic carbocycles. The van der Waals surface area contributed by atoms with E-state index in [1.807, 2.05) is 25.9 Å². The third-order valence-electron chi connectivity index (χ3n) is 6.30. The van der Waals surface area contributed by atoms with Crippen LogP contribution in [0.3, 0.4) is 0 Å². The van der Waals surface area contributed by atoms with Crippen LogP contribution >= 0.6 is 0 Å². The monoisotopic (exact) mass is 563 g/mol. The van der Waals surface area contributed by atoms with Crippen LogP contribution in [0.5, 0.6) is 5.75 Å². The van der Waals surface area contributed by atoms with Crippen molar-refractivity contribution in [1.82, 2.24) is 4.90 Å². The molecule has 0 spiro atoms. The molecule has 0 amide bonds. The molecular formula is C32H37NO8. The smallest absolute Gasteiger partial charge is 0.336 e. The van der Waals surface area contributed by atoms with Gasteiger partial charge >= 0.3 is 17.9 Å². The average Bonchev–Trinajstić information content (AvgIpc) is 2.92. The molecule has 0 bridgehead atoms. The lowest BCUT2D eigenvalue weighted by atomic mass is 9.88. The van der Waals surface area contributed by atoms with E-state index in [0.717, 1.165) is 12.2 Å². The van der Waals surface area contributed by atoms with Crippen LogP contribution < -0.4 is 4.74 Å². The molecule has 1 atom stereocenters. The lowest BCUT2D eigenvalue weighted by Crippen LogP contribution is -2.42. The molecule has 0 radical (unpaired) electrons. The Morgan fingerprint density at radius 3 is 1.59 bits per heavy atom. The Labute approximate surface area is 240 Å². The number of hydrogen-bond donors (Lipinski definition) is 4. The molecule has 0 saturated carbocycles. The quantitative estimate of drug-likeness (QED) is 0.175. The van der Waals surface area contributed by atoms with Gasteiger partial charge in [-0.2, -0.15) is 0 Å². The Morgan fingerprint density at radius 2 is 1.20 bits per heavy atom. The van der Waals surface area contributed by atoms with Gasteiger partial charge in [-0.15, -0.1) is 0 Å². The molecule has 0 aliphatic heterocycles. The van der Waals surface area contributed by atoms with Crippen LogP contribution in [0.25, 0.3) is 11.1 Å². The van der Waals surface area contributed by atoms with Gasteiger partial charge < -0.3 is 25.2 Å². The predicted molar refractivity (Wildman–Crippen MR) is 156 cm³/mol. The van der Waals surface area contributed by atoms with Crippen LogP contribution in [0, 0.1) is 0 Å². The molecule has 41 heavy (non-hydrogen) atoms. The first-order chi connectivity index (χ1) is 19.4. The van der Waals surface area contributed by atoms with Gasteiger partial charge in [-0.25, -0.2) is 4.79 Å². The van der Waals surface area contributed by atoms with Crippen LogP contribution in [-0.4, -0.2) is 69.2 Å². The molecule has 0 aliphatic rings. The summed E-state index contributed by atoms with van der Waals surface area (Å²) < 4.78 is 6.00. The van der Waals surface area contributed by atoms with Gasteiger partial charge in [0.2, 0.25) is 0 Å². The summed E-state index contributed by atoms with van der Waals surface area (Å²) in [6, 6.07) is 29.8. The minimum absolute atomic E-state index is 0.0329. The van der Waals surface area contributed by atoms with E-state index >= 15 is 0 Å². The molecule has 0 aromatic heterocycles. The largest absolute Gasteiger partial charge is 0.481 e. The number of rotatable bonds is 12. The predicted octanol–water partition coefficient (Wildman–Crippen LogP) is 5.09. The van der Waals surface area contributed by atoms with Crippen molar-refractivity contribution in [3.05, 3.63) is 102 Å². The molecule has 1 unspecified atom stereocenters. The molecule has 3 rings (SSSR count). The summed E-state index contributed by atoms with van der Waals surface area (Å²) in [4.78, 5) is 32.5. The Bertz CT molecular complexity index is 1300. The molecule has 3 aromatic rings. The molecule has 218 valence electrons. The zero-order valence-corrected chi connectivity index (χ0v) is 23.7. The van der Waals surface area contributed by atoms with E-state index in [0.29, 0.717) is 0 Å². The number of nitrogens with zero attached hydrogens (tertiary/aromatic N) is 1. The summed E-state index contributed by atoms with van der Waals surface area (Å²) in [5.41, 5.74) is 3.60. The van der Waals surface area contributed by atoms with E-state index in [-0.39, 0.29) is 6.23 Å². The lowest BCUT2D eigenvalue weighted by molar-refractivity contribution is -0.170. The first kappa shape index (κ1) is 32.7. The third kappa shape index (κ3) is 9.90. The number of benzene rings is 3. The summed E-state index contributed by atoms with van der Waals surface area (Å²) in [5, 5.41) is 33.8. The summed E-state index contributed by atoms with van der Waals surface area (Å²) in [6.07, 6.45) is -1.29. The fourth-order valence-electron chi connectivity index (χ4n) is 4.00. The maximum absolute atomic E-state index is 10.3. The number of ether oxygens (including phenoxy) is 1. The standard InChI is InChI=1S/C26H29NO.C6H8O7/c1-5-25(21-12-8-6-9-13-21)26(22-14-10-7-11-15-22)23-16-18-24(19-17-23)28-20(2)27(3)4;7-3(8)1-6(13,5(11)12)2-4(9)10/h6-20H,5H2,1-4H3;13H,1-2H2,(H,7,8)(H,9,10)(H,11,12)/b26-25-;. The van der Waals surface area contributed by atoms with Gasteiger partial charge in [-0.05, 0) is 67.4 Å². The van der Waals surface area contributed by atoms with Crippen LogP contribution in [-0.2, 0) is 14.4 Å². The van der Waals surface area contributed by atoms with E-state index < -0.39 is 36.4 Å². The van der Waals surface area contributed by atoms with E-state index in [4.69, 9.17) is 25.2 Å². The second-order valence-electron chi connectivity index (χ2n) is 9.62. The number of carbonyl (C=O) groups is 3. The van der Waals surface area contributed by atoms with Gasteiger partial charge in [-0.1, -0.05) is 79.7 Å². The normalized spacial score (nSPS) is 12.4. The summed E-state index contributed by atoms with van der Waals surface area (Å²) >= 11 is 0. The summed E-state index contributed by atoms with van der Waals surface area (Å²) in [7, 11) is 4.03. The average molecular weight is 564 g/mol. The number of hydrogen-bond acceptors (Lipinski definition) is 6. The van der Waals surface area contributed by atoms with E-state index in [1.165, 1.54) is 27.8 Å². The maximum atomic E-state index is 10.3. The van der Waals surface area contributed by atoms with Crippen molar-refractivity contribution in [2.75, 3.05) is 14.1 Å². The number of aliphatic hydroxyl groups is 1. The van der Waals surface area contributed by atoms with E-state index in [9.17, 15) is 14.4 Å². The van der Waals surface area contributed by atoms with Gasteiger partial charge in [0.25, 0.3) is 0 Å². The van der Waals surface area contributed by atoms with Crippen molar-refractivity contribution < 1.29 is 39.5 Å². The second kappa shape index (κ2) is 15.4. The third-order valence-corrected chi connectivity index (χ3v) is 6.30. The zero-order valence-electron chi connectivity index (χ0n) is 23.7. The highest BCUT2D eigenvalue weighted by atomic mass is 16.5. The van der Waals surface area contributed by atoms with E-state index in [2.05, 4.69) is 91.9 Å². The fourth-order valence-corrected chi connectivity index (χ4v) is 4.00. The fraction of sp³-hybridized carbons (Fsp3) is 0.281. The van der Waals surface area contributed by atoms with Crippen molar-refractivity contribution in [1.29, 1.82) is 0 Å². The number of carboxylic acid groups (broad SMARTS) is 3. The van der Waals surface area contributed by atoms with Crippen molar-refractivity contribution >= 4 is 29.1 Å². The first-order valence-electron chi connectivity index (χ1n) is 13.0. The molecule has 4 N–H and O–H groups in total. The van der Waals surface area contributed by atoms with Crippen LogP contribution in [0.4, 0.5) is 0 Å². The van der Waals surface area contributed by atoms with E-state index in [1.54, 1.807) is 0 Å². The molecular weight excluding hydrogens is 526 g/mol. The Balaban J connectivity index is 0.000000383. The molecule has 0 fully saturated rings. The molecule has 9 nitrogen and oxygen atoms in total. The topological polar surface area (TPSA) is 145 Å². The van der Waals surface area contributed by atoms with Gasteiger partial charge in [-0.3, -0.25) is 14.5 Å². The highest BCUT2D eigenvalue weighted by Gasteiger charge is 2.40. The maximum Gasteiger partial charge on any atom is 0.336 e. The van der Waals surface area contributed by atoms with Crippen molar-refractivity contribution in [3.8, 4) is 5.75 Å². The highest BCUT2D eigenvalue weighted by Crippen LogP contribution is 2.35. The molecule has 9 heteroatoms. The minimum atomic E-state index is -2.74. The van der Waals surface area contributed by atoms with Crippen molar-refractivity contribution in [2.45, 2.75) is 44.9 Å². The molecule has 0 heterocycles. The second-order valence-corrected chi connectivity index (χ2v) is 9.62. The van der Waals surface area contributed by atoms with Crippen LogP contribution in [0.1, 0.15) is 49.8 Å². The first-order valence-corrected chi connectivity index (χ1v) is 13.0. The Kier molecular flexibility index (Phi) is 12.3. The van der Waals surface area contributed by atoms with Crippen molar-refractivity contribution in [3.63, 3.8) is 0 Å².